The summed E-state index contributed by atoms with van der Waals surface area (Å²) in [5.41, 5.74) is 8.63. The molecule has 0 fully saturated rings. The van der Waals surface area contributed by atoms with Crippen molar-refractivity contribution in [3.63, 3.8) is 0 Å². The van der Waals surface area contributed by atoms with Gasteiger partial charge in [-0.2, -0.15) is 8.42 Å². The Labute approximate surface area is 132 Å². The van der Waals surface area contributed by atoms with E-state index in [1.54, 1.807) is 23.0 Å². The molecule has 0 saturated heterocycles. The van der Waals surface area contributed by atoms with Gasteiger partial charge in [0.1, 0.15) is 6.04 Å². The number of carbonyl (C=O) groups is 1. The zero-order valence-corrected chi connectivity index (χ0v) is 13.3. The zero-order chi connectivity index (χ0) is 16.8. The highest BCUT2D eigenvalue weighted by molar-refractivity contribution is 7.85. The third kappa shape index (κ3) is 6.31. The van der Waals surface area contributed by atoms with Crippen molar-refractivity contribution in [1.29, 1.82) is 0 Å². The number of nitrogens with two attached hydrogens (primary N) is 1. The van der Waals surface area contributed by atoms with Crippen molar-refractivity contribution in [1.82, 2.24) is 4.98 Å². The maximum atomic E-state index is 10.5. The molecule has 0 aliphatic heterocycles. The van der Waals surface area contributed by atoms with E-state index in [9.17, 15) is 13.2 Å². The van der Waals surface area contributed by atoms with Crippen LogP contribution in [-0.4, -0.2) is 35.1 Å². The maximum absolute atomic E-state index is 10.5. The first-order chi connectivity index (χ1) is 10.2. The number of aryl methyl sites for hydroxylation is 1. The molecule has 4 N–H and O–H groups in total. The predicted octanol–water partition coefficient (Wildman–Crippen LogP) is 1.34. The lowest BCUT2D eigenvalue weighted by molar-refractivity contribution is -0.138. The number of benzene rings is 1. The molecule has 7 nitrogen and oxygen atoms in total. The van der Waals surface area contributed by atoms with Crippen LogP contribution in [0.3, 0.4) is 0 Å². The van der Waals surface area contributed by atoms with E-state index in [4.69, 9.17) is 15.4 Å². The van der Waals surface area contributed by atoms with Crippen molar-refractivity contribution in [2.24, 2.45) is 5.73 Å². The monoisotopic (exact) mass is 344 g/mol. The lowest BCUT2D eigenvalue weighted by atomic mass is 10.2. The van der Waals surface area contributed by atoms with Crippen LogP contribution in [-0.2, 0) is 21.3 Å². The van der Waals surface area contributed by atoms with Gasteiger partial charge in [-0.3, -0.25) is 9.35 Å². The Morgan fingerprint density at radius 2 is 1.95 bits per heavy atom. The highest BCUT2D eigenvalue weighted by Gasteiger charge is 2.12. The average Bonchev–Trinajstić information content (AvgIpc) is 2.91. The van der Waals surface area contributed by atoms with Crippen molar-refractivity contribution in [3.05, 3.63) is 46.4 Å². The minimum Gasteiger partial charge on any atom is -0.480 e. The molecule has 0 aliphatic rings. The van der Waals surface area contributed by atoms with Gasteiger partial charge in [0.2, 0.25) is 0 Å². The molecule has 1 aromatic heterocycles. The number of carboxylic acid groups (broad SMARTS) is 1. The van der Waals surface area contributed by atoms with Gasteiger partial charge in [0, 0.05) is 11.8 Å². The van der Waals surface area contributed by atoms with Crippen molar-refractivity contribution in [2.75, 3.05) is 0 Å². The lowest BCUT2D eigenvalue weighted by Crippen LogP contribution is -2.32. The van der Waals surface area contributed by atoms with Crippen LogP contribution in [0.15, 0.2) is 40.1 Å². The fraction of sp³-hybridized carbons (Fsp3) is 0.231. The highest BCUT2D eigenvalue weighted by Crippen LogP contribution is 2.08. The minimum absolute atomic E-state index is 0.0666. The Bertz CT molecular complexity index is 697. The summed E-state index contributed by atoms with van der Waals surface area (Å²) in [5, 5.41) is 10.2. The number of thiazole rings is 1. The third-order valence-corrected chi connectivity index (χ3v) is 4.05. The molecule has 1 atom stereocenters. The first-order valence-corrected chi connectivity index (χ1v) is 8.48. The summed E-state index contributed by atoms with van der Waals surface area (Å²) >= 11 is 1.43. The molecule has 0 bridgehead atoms. The molecule has 120 valence electrons. The molecule has 0 spiro atoms. The number of carboxylic acids is 1. The van der Waals surface area contributed by atoms with Gasteiger partial charge in [0.05, 0.1) is 16.1 Å². The molecule has 1 unspecified atom stereocenters. The van der Waals surface area contributed by atoms with Gasteiger partial charge in [-0.15, -0.1) is 11.3 Å². The summed E-state index contributed by atoms with van der Waals surface area (Å²) in [5.74, 6) is -0.988. The van der Waals surface area contributed by atoms with Gasteiger partial charge in [-0.25, -0.2) is 4.98 Å². The third-order valence-electron chi connectivity index (χ3n) is 2.55. The molecule has 1 aromatic carbocycles. The summed E-state index contributed by atoms with van der Waals surface area (Å²) in [7, 11) is -4.02. The summed E-state index contributed by atoms with van der Waals surface area (Å²) in [6.07, 6.45) is 0.304. The molecule has 0 aliphatic carbocycles. The highest BCUT2D eigenvalue weighted by atomic mass is 32.2. The Kier molecular flexibility index (Phi) is 6.62. The molecule has 9 heteroatoms. The van der Waals surface area contributed by atoms with Gasteiger partial charge in [0.25, 0.3) is 10.1 Å². The van der Waals surface area contributed by atoms with Gasteiger partial charge in [0.15, 0.2) is 0 Å². The van der Waals surface area contributed by atoms with E-state index in [1.807, 2.05) is 6.92 Å². The Balaban J connectivity index is 0.000000220. The van der Waals surface area contributed by atoms with E-state index in [2.05, 4.69) is 4.98 Å². The van der Waals surface area contributed by atoms with Crippen LogP contribution in [0.1, 0.15) is 11.3 Å². The number of aliphatic carboxylic acids is 1. The molecular formula is C13H16N2O5S2. The normalized spacial score (nSPS) is 12.1. The van der Waals surface area contributed by atoms with Gasteiger partial charge >= 0.3 is 5.97 Å². The van der Waals surface area contributed by atoms with Crippen LogP contribution < -0.4 is 5.73 Å². The average molecular weight is 344 g/mol. The molecular weight excluding hydrogens is 328 g/mol. The first-order valence-electron chi connectivity index (χ1n) is 6.09. The van der Waals surface area contributed by atoms with Crippen molar-refractivity contribution in [3.8, 4) is 0 Å². The maximum Gasteiger partial charge on any atom is 0.320 e. The number of rotatable bonds is 4. The first kappa shape index (κ1) is 18.2. The Morgan fingerprint density at radius 1 is 1.36 bits per heavy atom. The quantitative estimate of drug-likeness (QED) is 0.713. The number of hydrogen-bond donors (Lipinski definition) is 3. The van der Waals surface area contributed by atoms with Crippen LogP contribution in [0.25, 0.3) is 0 Å². The molecule has 2 aromatic rings. The molecule has 0 radical (unpaired) electrons. The number of aromatic nitrogens is 1. The van der Waals surface area contributed by atoms with Crippen LogP contribution in [0, 0.1) is 6.92 Å². The lowest BCUT2D eigenvalue weighted by Gasteiger charge is -2.01. The van der Waals surface area contributed by atoms with Gasteiger partial charge in [-0.1, -0.05) is 17.7 Å². The number of nitrogens with zero attached hydrogens (tertiary/aromatic N) is 1. The fourth-order valence-electron chi connectivity index (χ4n) is 1.36. The SMILES string of the molecule is Cc1ccc(S(=O)(=O)O)cc1.NC(Cc1cscn1)C(=O)O. The largest absolute Gasteiger partial charge is 0.480 e. The summed E-state index contributed by atoms with van der Waals surface area (Å²) in [6, 6.07) is 5.15. The second-order valence-electron chi connectivity index (χ2n) is 4.42. The fourth-order valence-corrected chi connectivity index (χ4v) is 2.41. The predicted molar refractivity (Wildman–Crippen MR) is 82.4 cm³/mol. The summed E-state index contributed by atoms with van der Waals surface area (Å²) < 4.78 is 29.6. The van der Waals surface area contributed by atoms with E-state index in [-0.39, 0.29) is 4.90 Å². The van der Waals surface area contributed by atoms with E-state index in [0.717, 1.165) is 11.3 Å². The van der Waals surface area contributed by atoms with E-state index < -0.39 is 22.1 Å². The van der Waals surface area contributed by atoms with Crippen molar-refractivity contribution in [2.45, 2.75) is 24.3 Å². The smallest absolute Gasteiger partial charge is 0.320 e. The second-order valence-corrected chi connectivity index (χ2v) is 6.56. The number of hydrogen-bond acceptors (Lipinski definition) is 6. The van der Waals surface area contributed by atoms with Crippen LogP contribution in [0.2, 0.25) is 0 Å². The van der Waals surface area contributed by atoms with Crippen LogP contribution >= 0.6 is 11.3 Å². The minimum atomic E-state index is -4.02. The molecule has 22 heavy (non-hydrogen) atoms. The molecule has 1 heterocycles. The molecule has 0 saturated carbocycles. The van der Waals surface area contributed by atoms with Crippen molar-refractivity contribution >= 4 is 27.4 Å². The topological polar surface area (TPSA) is 131 Å². The van der Waals surface area contributed by atoms with E-state index in [0.29, 0.717) is 6.42 Å². The van der Waals surface area contributed by atoms with Gasteiger partial charge < -0.3 is 10.8 Å². The van der Waals surface area contributed by atoms with E-state index in [1.165, 1.54) is 23.5 Å². The van der Waals surface area contributed by atoms with E-state index >= 15 is 0 Å². The molecule has 0 amide bonds. The van der Waals surface area contributed by atoms with Crippen LogP contribution in [0.5, 0.6) is 0 Å². The summed E-state index contributed by atoms with van der Waals surface area (Å²) in [4.78, 5) is 14.1. The van der Waals surface area contributed by atoms with Crippen LogP contribution in [0.4, 0.5) is 0 Å². The molecule has 2 rings (SSSR count). The Hall–Kier alpha value is -1.81. The standard InChI is InChI=1S/C7H8O3S.C6H8N2O2S/c1-6-2-4-7(5-3-6)11(8,9)10;7-5(6(9)10)1-4-2-11-3-8-4/h2-5H,1H3,(H,8,9,10);2-3,5H,1,7H2,(H,9,10). The summed E-state index contributed by atoms with van der Waals surface area (Å²) in [6.45, 7) is 1.84. The second kappa shape index (κ2) is 7.99. The Morgan fingerprint density at radius 3 is 2.36 bits per heavy atom. The van der Waals surface area contributed by atoms with Gasteiger partial charge in [-0.05, 0) is 19.1 Å². The van der Waals surface area contributed by atoms with Crippen molar-refractivity contribution < 1.29 is 22.9 Å². The zero-order valence-electron chi connectivity index (χ0n) is 11.7.